The van der Waals surface area contributed by atoms with Crippen molar-refractivity contribution in [3.8, 4) is 11.5 Å². The zero-order chi connectivity index (χ0) is 32.8. The molecule has 6 aromatic carbocycles. The van der Waals surface area contributed by atoms with Gasteiger partial charge in [0.2, 0.25) is 0 Å². The van der Waals surface area contributed by atoms with Crippen LogP contribution in [0.25, 0.3) is 21.5 Å². The fraction of sp³-hybridized carbons (Fsp3) is 0. The van der Waals surface area contributed by atoms with Crippen molar-refractivity contribution in [3.63, 3.8) is 0 Å². The predicted octanol–water partition coefficient (Wildman–Crippen LogP) is 3.94. The molecule has 0 aromatic heterocycles. The number of aromatic carboxylic acids is 2. The summed E-state index contributed by atoms with van der Waals surface area (Å²) in [6.07, 6.45) is 0. The smallest absolute Gasteiger partial charge is 0.545 e. The molecule has 0 aliphatic carbocycles. The van der Waals surface area contributed by atoms with E-state index in [2.05, 4.69) is 10.6 Å². The van der Waals surface area contributed by atoms with E-state index in [1.807, 2.05) is 60.7 Å². The van der Waals surface area contributed by atoms with Crippen LogP contribution in [0.15, 0.2) is 121 Å². The first-order chi connectivity index (χ1) is 22.1. The van der Waals surface area contributed by atoms with Crippen molar-refractivity contribution in [2.45, 2.75) is 0 Å². The Balaban J connectivity index is 0.000000208. The third kappa shape index (κ3) is 7.85. The molecule has 0 radical (unpaired) electrons. The summed E-state index contributed by atoms with van der Waals surface area (Å²) in [4.78, 5) is 46.4. The summed E-state index contributed by atoms with van der Waals surface area (Å²) in [6.45, 7) is 0. The molecule has 0 unspecified atom stereocenters. The second kappa shape index (κ2) is 14.9. The number of carboxylic acids is 2. The topological polar surface area (TPSA) is 179 Å². The number of fused-ring (bicyclic) bond motifs is 2. The molecule has 0 atom stereocenters. The number of rotatable bonds is 6. The van der Waals surface area contributed by atoms with Gasteiger partial charge in [0.05, 0.1) is 11.9 Å². The van der Waals surface area contributed by atoms with Crippen LogP contribution in [0.1, 0.15) is 41.4 Å². The molecule has 0 aliphatic heterocycles. The van der Waals surface area contributed by atoms with E-state index in [1.54, 1.807) is 24.3 Å². The maximum absolute atomic E-state index is 12.4. The summed E-state index contributed by atoms with van der Waals surface area (Å²) in [5, 5.41) is 49.6. The molecule has 0 spiro atoms. The summed E-state index contributed by atoms with van der Waals surface area (Å²) in [6, 6.07) is 33.3. The van der Waals surface area contributed by atoms with Crippen molar-refractivity contribution < 1.29 is 39.6 Å². The van der Waals surface area contributed by atoms with E-state index in [0.717, 1.165) is 21.5 Å². The van der Waals surface area contributed by atoms with Gasteiger partial charge in [0, 0.05) is 45.8 Å². The van der Waals surface area contributed by atoms with E-state index in [0.29, 0.717) is 22.5 Å². The quantitative estimate of drug-likeness (QED) is 0.199. The molecule has 0 bridgehead atoms. The third-order valence-corrected chi connectivity index (χ3v) is 7.02. The molecule has 0 heterocycles. The van der Waals surface area contributed by atoms with Crippen LogP contribution >= 0.6 is 0 Å². The molecule has 0 aliphatic rings. The molecular weight excluding hydrogens is 613 g/mol. The van der Waals surface area contributed by atoms with Gasteiger partial charge in [-0.2, -0.15) is 0 Å². The average molecular weight is 637 g/mol. The van der Waals surface area contributed by atoms with Crippen molar-refractivity contribution in [2.24, 2.45) is 0 Å². The zero-order valence-corrected chi connectivity index (χ0v) is 26.0. The van der Waals surface area contributed by atoms with E-state index in [-0.39, 0.29) is 46.0 Å². The maximum Gasteiger partial charge on any atom is 2.00 e. The monoisotopic (exact) mass is 636 g/mol. The van der Waals surface area contributed by atoms with Gasteiger partial charge in [0.15, 0.2) is 0 Å². The minimum atomic E-state index is -1.48. The Bertz CT molecular complexity index is 1980. The fourth-order valence-corrected chi connectivity index (χ4v) is 4.81. The van der Waals surface area contributed by atoms with Crippen LogP contribution in [0, 0.1) is 0 Å². The standard InChI is InChI=1S/2C18H13NO4.Mg/c2*20-16-10-12(8-9-15(16)18(22)23)19-17(21)14-7-3-5-11-4-1-2-6-13(11)14;/h2*1-10,20H,(H,19,21)(H,22,23);/q;;+2/p-2. The predicted molar refractivity (Wildman–Crippen MR) is 174 cm³/mol. The molecule has 11 heteroatoms. The maximum atomic E-state index is 12.4. The van der Waals surface area contributed by atoms with E-state index in [9.17, 15) is 39.6 Å². The number of benzene rings is 6. The first-order valence-electron chi connectivity index (χ1n) is 13.8. The Kier molecular flexibility index (Phi) is 10.8. The van der Waals surface area contributed by atoms with Crippen LogP contribution in [-0.2, 0) is 0 Å². The minimum Gasteiger partial charge on any atom is -0.545 e. The summed E-state index contributed by atoms with van der Waals surface area (Å²) in [5.74, 6) is -4.56. The van der Waals surface area contributed by atoms with E-state index >= 15 is 0 Å². The molecule has 0 saturated heterocycles. The second-order valence-corrected chi connectivity index (χ2v) is 10.0. The Morgan fingerprint density at radius 2 is 0.830 bits per heavy atom. The van der Waals surface area contributed by atoms with Gasteiger partial charge in [-0.15, -0.1) is 0 Å². The number of hydrogen-bond donors (Lipinski definition) is 4. The van der Waals surface area contributed by atoms with Gasteiger partial charge in [0.1, 0.15) is 11.5 Å². The van der Waals surface area contributed by atoms with Crippen LogP contribution in [0.5, 0.6) is 11.5 Å². The van der Waals surface area contributed by atoms with E-state index in [4.69, 9.17) is 0 Å². The van der Waals surface area contributed by atoms with Gasteiger partial charge < -0.3 is 40.6 Å². The van der Waals surface area contributed by atoms with Gasteiger partial charge in [-0.25, -0.2) is 0 Å². The molecule has 10 nitrogen and oxygen atoms in total. The zero-order valence-electron chi connectivity index (χ0n) is 24.6. The Labute approximate surface area is 284 Å². The minimum absolute atomic E-state index is 0. The van der Waals surface area contributed by atoms with E-state index < -0.39 is 23.4 Å². The normalized spacial score (nSPS) is 10.2. The molecule has 0 saturated carbocycles. The number of anilines is 2. The Morgan fingerprint density at radius 3 is 1.19 bits per heavy atom. The number of hydrogen-bond acceptors (Lipinski definition) is 8. The van der Waals surface area contributed by atoms with Crippen LogP contribution < -0.4 is 20.8 Å². The fourth-order valence-electron chi connectivity index (χ4n) is 4.81. The van der Waals surface area contributed by atoms with Crippen molar-refractivity contribution in [3.05, 3.63) is 144 Å². The first-order valence-corrected chi connectivity index (χ1v) is 13.8. The summed E-state index contributed by atoms with van der Waals surface area (Å²) in [7, 11) is 0. The van der Waals surface area contributed by atoms with Crippen LogP contribution in [-0.4, -0.2) is 57.0 Å². The van der Waals surface area contributed by atoms with Crippen molar-refractivity contribution >= 4 is 79.7 Å². The number of carboxylic acid groups (broad SMARTS) is 2. The average Bonchev–Trinajstić information content (AvgIpc) is 3.04. The van der Waals surface area contributed by atoms with E-state index in [1.165, 1.54) is 36.4 Å². The number of nitrogens with one attached hydrogen (secondary N) is 2. The number of carbonyl (C=O) groups excluding carboxylic acids is 4. The molecule has 0 fully saturated rings. The Morgan fingerprint density at radius 1 is 0.468 bits per heavy atom. The summed E-state index contributed by atoms with van der Waals surface area (Å²) in [5.41, 5.74) is 0.926. The first kappa shape index (κ1) is 34.0. The second-order valence-electron chi connectivity index (χ2n) is 10.0. The van der Waals surface area contributed by atoms with Gasteiger partial charge in [-0.1, -0.05) is 72.8 Å². The van der Waals surface area contributed by atoms with Crippen LogP contribution in [0.4, 0.5) is 11.4 Å². The van der Waals surface area contributed by atoms with Crippen LogP contribution in [0.3, 0.4) is 0 Å². The SMILES string of the molecule is O=C([O-])c1ccc(NC(=O)c2cccc3ccccc23)cc1O.O=C([O-])c1ccc(NC(=O)c2cccc3ccccc23)cc1O.[Mg+2]. The van der Waals surface area contributed by atoms with Crippen molar-refractivity contribution in [2.75, 3.05) is 10.6 Å². The van der Waals surface area contributed by atoms with Gasteiger partial charge in [-0.05, 0) is 57.9 Å². The number of aromatic hydroxyl groups is 2. The number of amides is 2. The molecule has 4 N–H and O–H groups in total. The molecular formula is C36H24MgN2O8. The molecule has 6 aromatic rings. The van der Waals surface area contributed by atoms with Gasteiger partial charge >= 0.3 is 23.1 Å². The van der Waals surface area contributed by atoms with Crippen molar-refractivity contribution in [1.29, 1.82) is 0 Å². The Hall–Kier alpha value is -5.91. The summed E-state index contributed by atoms with van der Waals surface area (Å²) >= 11 is 0. The third-order valence-electron chi connectivity index (χ3n) is 7.02. The van der Waals surface area contributed by atoms with Crippen LogP contribution in [0.2, 0.25) is 0 Å². The van der Waals surface area contributed by atoms with Gasteiger partial charge in [-0.3, -0.25) is 9.59 Å². The number of phenols is 2. The summed E-state index contributed by atoms with van der Waals surface area (Å²) < 4.78 is 0. The van der Waals surface area contributed by atoms with Crippen molar-refractivity contribution in [1.82, 2.24) is 0 Å². The molecule has 2 amide bonds. The molecule has 228 valence electrons. The number of carbonyl (C=O) groups is 4. The molecule has 47 heavy (non-hydrogen) atoms. The largest absolute Gasteiger partial charge is 2.00 e. The molecule has 6 rings (SSSR count). The van der Waals surface area contributed by atoms with Gasteiger partial charge in [0.25, 0.3) is 11.8 Å².